The number of amides is 1. The maximum absolute atomic E-state index is 12.0. The van der Waals surface area contributed by atoms with Crippen molar-refractivity contribution in [3.05, 3.63) is 43.0 Å². The molecule has 1 aliphatic rings. The zero-order valence-electron chi connectivity index (χ0n) is 9.23. The van der Waals surface area contributed by atoms with Gasteiger partial charge in [0.1, 0.15) is 0 Å². The summed E-state index contributed by atoms with van der Waals surface area (Å²) < 4.78 is 0. The number of hydrogen-bond acceptors (Lipinski definition) is 2. The Balaban J connectivity index is 2.05. The van der Waals surface area contributed by atoms with Gasteiger partial charge >= 0.3 is 0 Å². The molecule has 0 radical (unpaired) electrons. The van der Waals surface area contributed by atoms with Crippen LogP contribution in [0, 0.1) is 0 Å². The number of para-hydroxylation sites is 1. The Kier molecular flexibility index (Phi) is 3.37. The van der Waals surface area contributed by atoms with E-state index >= 15 is 0 Å². The predicted molar refractivity (Wildman–Crippen MR) is 65.4 cm³/mol. The molecule has 1 aromatic carbocycles. The molecule has 0 spiro atoms. The summed E-state index contributed by atoms with van der Waals surface area (Å²) in [4.78, 5) is 13.9. The van der Waals surface area contributed by atoms with Crippen molar-refractivity contribution in [2.45, 2.75) is 12.5 Å². The quantitative estimate of drug-likeness (QED) is 0.775. The molecule has 0 aromatic heterocycles. The Morgan fingerprint density at radius 3 is 2.88 bits per heavy atom. The Bertz CT molecular complexity index is 375. The van der Waals surface area contributed by atoms with Gasteiger partial charge < -0.3 is 10.2 Å². The first kappa shape index (κ1) is 10.9. The zero-order chi connectivity index (χ0) is 11.4. The predicted octanol–water partition coefficient (Wildman–Crippen LogP) is 1.57. The summed E-state index contributed by atoms with van der Waals surface area (Å²) in [7, 11) is 0. The van der Waals surface area contributed by atoms with E-state index in [1.807, 2.05) is 35.2 Å². The summed E-state index contributed by atoms with van der Waals surface area (Å²) >= 11 is 0. The van der Waals surface area contributed by atoms with Gasteiger partial charge in [-0.15, -0.1) is 6.58 Å². The van der Waals surface area contributed by atoms with Crippen molar-refractivity contribution in [2.24, 2.45) is 0 Å². The van der Waals surface area contributed by atoms with E-state index in [1.165, 1.54) is 0 Å². The second kappa shape index (κ2) is 4.94. The van der Waals surface area contributed by atoms with Crippen LogP contribution in [0.25, 0.3) is 0 Å². The summed E-state index contributed by atoms with van der Waals surface area (Å²) in [5.41, 5.74) is 0.982. The molecule has 1 heterocycles. The first-order chi connectivity index (χ1) is 7.83. The summed E-state index contributed by atoms with van der Waals surface area (Å²) in [6.07, 6.45) is 2.64. The molecular weight excluding hydrogens is 200 g/mol. The van der Waals surface area contributed by atoms with Gasteiger partial charge in [-0.25, -0.2) is 0 Å². The average molecular weight is 216 g/mol. The number of rotatable bonds is 4. The molecule has 1 amide bonds. The van der Waals surface area contributed by atoms with Crippen LogP contribution in [-0.2, 0) is 4.79 Å². The van der Waals surface area contributed by atoms with Crippen LogP contribution in [0.4, 0.5) is 5.69 Å². The van der Waals surface area contributed by atoms with Gasteiger partial charge in [0.25, 0.3) is 0 Å². The van der Waals surface area contributed by atoms with E-state index in [0.29, 0.717) is 6.54 Å². The highest BCUT2D eigenvalue weighted by atomic mass is 16.2. The van der Waals surface area contributed by atoms with Crippen LogP contribution in [0.15, 0.2) is 43.0 Å². The van der Waals surface area contributed by atoms with Crippen LogP contribution >= 0.6 is 0 Å². The molecule has 3 heteroatoms. The molecule has 1 saturated heterocycles. The molecule has 0 aliphatic carbocycles. The molecule has 16 heavy (non-hydrogen) atoms. The topological polar surface area (TPSA) is 32.3 Å². The number of hydrogen-bond donors (Lipinski definition) is 1. The van der Waals surface area contributed by atoms with E-state index < -0.39 is 0 Å². The van der Waals surface area contributed by atoms with Crippen LogP contribution in [0.5, 0.6) is 0 Å². The lowest BCUT2D eigenvalue weighted by atomic mass is 10.2. The second-order valence-electron chi connectivity index (χ2n) is 3.86. The van der Waals surface area contributed by atoms with Crippen LogP contribution in [-0.4, -0.2) is 25.0 Å². The lowest BCUT2D eigenvalue weighted by Crippen LogP contribution is -2.38. The van der Waals surface area contributed by atoms with Gasteiger partial charge in [-0.05, 0) is 18.6 Å². The van der Waals surface area contributed by atoms with Gasteiger partial charge in [-0.3, -0.25) is 4.79 Å². The highest BCUT2D eigenvalue weighted by molar-refractivity contribution is 5.99. The molecule has 1 fully saturated rings. The number of carbonyl (C=O) groups is 1. The van der Waals surface area contributed by atoms with Gasteiger partial charge in [-0.1, -0.05) is 24.3 Å². The molecule has 1 aliphatic heterocycles. The molecule has 3 nitrogen and oxygen atoms in total. The molecule has 0 bridgehead atoms. The van der Waals surface area contributed by atoms with Crippen molar-refractivity contribution in [1.29, 1.82) is 0 Å². The van der Waals surface area contributed by atoms with Gasteiger partial charge in [0.15, 0.2) is 0 Å². The van der Waals surface area contributed by atoms with E-state index in [2.05, 4.69) is 11.9 Å². The van der Waals surface area contributed by atoms with Gasteiger partial charge in [0, 0.05) is 18.8 Å². The summed E-state index contributed by atoms with van der Waals surface area (Å²) in [5, 5.41) is 3.17. The SMILES string of the molecule is C=CCNC1CCN(c2ccccc2)C1=O. The van der Waals surface area contributed by atoms with Crippen molar-refractivity contribution in [3.63, 3.8) is 0 Å². The van der Waals surface area contributed by atoms with E-state index in [0.717, 1.165) is 18.7 Å². The number of anilines is 1. The minimum absolute atomic E-state index is 0.0572. The molecule has 84 valence electrons. The largest absolute Gasteiger partial charge is 0.311 e. The normalized spacial score (nSPS) is 20.1. The molecule has 1 atom stereocenters. The maximum Gasteiger partial charge on any atom is 0.244 e. The van der Waals surface area contributed by atoms with E-state index in [4.69, 9.17) is 0 Å². The standard InChI is InChI=1S/C13H16N2O/c1-2-9-14-12-8-10-15(13(12)16)11-6-4-3-5-7-11/h2-7,12,14H,1,8-10H2. The van der Waals surface area contributed by atoms with E-state index in [-0.39, 0.29) is 11.9 Å². The van der Waals surface area contributed by atoms with E-state index in [1.54, 1.807) is 6.08 Å². The molecule has 2 rings (SSSR count). The number of nitrogens with zero attached hydrogens (tertiary/aromatic N) is 1. The molecule has 1 aromatic rings. The third kappa shape index (κ3) is 2.14. The number of nitrogens with one attached hydrogen (secondary N) is 1. The molecule has 1 N–H and O–H groups in total. The summed E-state index contributed by atoms with van der Waals surface area (Å²) in [5.74, 6) is 0.160. The van der Waals surface area contributed by atoms with Crippen molar-refractivity contribution in [2.75, 3.05) is 18.0 Å². The Morgan fingerprint density at radius 2 is 2.19 bits per heavy atom. The third-order valence-corrected chi connectivity index (χ3v) is 2.78. The fourth-order valence-corrected chi connectivity index (χ4v) is 1.96. The molecule has 1 unspecified atom stereocenters. The Labute approximate surface area is 95.8 Å². The first-order valence-electron chi connectivity index (χ1n) is 5.53. The fourth-order valence-electron chi connectivity index (χ4n) is 1.96. The number of carbonyl (C=O) groups excluding carboxylic acids is 1. The van der Waals surface area contributed by atoms with Gasteiger partial charge in [0.05, 0.1) is 6.04 Å². The lowest BCUT2D eigenvalue weighted by molar-refractivity contribution is -0.118. The van der Waals surface area contributed by atoms with Crippen molar-refractivity contribution in [3.8, 4) is 0 Å². The fraction of sp³-hybridized carbons (Fsp3) is 0.308. The summed E-state index contributed by atoms with van der Waals surface area (Å²) in [6, 6.07) is 9.73. The highest BCUT2D eigenvalue weighted by Gasteiger charge is 2.31. The third-order valence-electron chi connectivity index (χ3n) is 2.78. The smallest absolute Gasteiger partial charge is 0.244 e. The Morgan fingerprint density at radius 1 is 1.44 bits per heavy atom. The molecule has 0 saturated carbocycles. The van der Waals surface area contributed by atoms with Crippen LogP contribution in [0.2, 0.25) is 0 Å². The maximum atomic E-state index is 12.0. The second-order valence-corrected chi connectivity index (χ2v) is 3.86. The van der Waals surface area contributed by atoms with E-state index in [9.17, 15) is 4.79 Å². The minimum atomic E-state index is -0.0572. The van der Waals surface area contributed by atoms with Crippen LogP contribution in [0.3, 0.4) is 0 Å². The van der Waals surface area contributed by atoms with Crippen LogP contribution in [0.1, 0.15) is 6.42 Å². The van der Waals surface area contributed by atoms with Crippen LogP contribution < -0.4 is 10.2 Å². The van der Waals surface area contributed by atoms with Gasteiger partial charge in [-0.2, -0.15) is 0 Å². The highest BCUT2D eigenvalue weighted by Crippen LogP contribution is 2.20. The van der Waals surface area contributed by atoms with Crippen molar-refractivity contribution < 1.29 is 4.79 Å². The average Bonchev–Trinajstić information content (AvgIpc) is 2.69. The minimum Gasteiger partial charge on any atom is -0.311 e. The lowest BCUT2D eigenvalue weighted by Gasteiger charge is -2.16. The first-order valence-corrected chi connectivity index (χ1v) is 5.53. The van der Waals surface area contributed by atoms with Gasteiger partial charge in [0.2, 0.25) is 5.91 Å². The monoisotopic (exact) mass is 216 g/mol. The summed E-state index contributed by atoms with van der Waals surface area (Å²) in [6.45, 7) is 5.11. The zero-order valence-corrected chi connectivity index (χ0v) is 9.23. The molecular formula is C13H16N2O. The van der Waals surface area contributed by atoms with Crippen molar-refractivity contribution >= 4 is 11.6 Å². The van der Waals surface area contributed by atoms with Crippen molar-refractivity contribution in [1.82, 2.24) is 5.32 Å². The Hall–Kier alpha value is -1.61. The number of benzene rings is 1.